The number of aliphatic imine (C=N–C) groups is 1. The Hall–Kier alpha value is -2.08. The highest BCUT2D eigenvalue weighted by molar-refractivity contribution is 7.92. The third-order valence-corrected chi connectivity index (χ3v) is 4.51. The third kappa shape index (κ3) is 1.32. The Morgan fingerprint density at radius 2 is 1.67 bits per heavy atom. The largest absolute Gasteiger partial charge is 0.506 e. The predicted molar refractivity (Wildman–Crippen MR) is 67.5 cm³/mol. The highest BCUT2D eigenvalue weighted by atomic mass is 32.2. The van der Waals surface area contributed by atoms with Gasteiger partial charge in [-0.05, 0) is 0 Å². The molecule has 92 valence electrons. The van der Waals surface area contributed by atoms with Gasteiger partial charge in [-0.2, -0.15) is 0 Å². The van der Waals surface area contributed by atoms with Crippen molar-refractivity contribution in [1.82, 2.24) is 0 Å². The molecule has 6 heteroatoms. The molecule has 2 N–H and O–H groups in total. The molecule has 2 aromatic rings. The lowest BCUT2D eigenvalue weighted by Gasteiger charge is -2.16. The quantitative estimate of drug-likeness (QED) is 0.709. The van der Waals surface area contributed by atoms with Gasteiger partial charge in [-0.15, -0.1) is 0 Å². The Bertz CT molecular complexity index is 793. The summed E-state index contributed by atoms with van der Waals surface area (Å²) in [4.78, 5) is 3.59. The molecule has 1 aliphatic rings. The van der Waals surface area contributed by atoms with Crippen molar-refractivity contribution in [1.29, 1.82) is 0 Å². The first-order valence-corrected chi connectivity index (χ1v) is 6.89. The van der Waals surface area contributed by atoms with E-state index in [0.717, 1.165) is 0 Å². The second-order valence-corrected chi connectivity index (χ2v) is 5.98. The summed E-state index contributed by atoms with van der Waals surface area (Å²) in [6, 6.07) is 6.50. The van der Waals surface area contributed by atoms with Crippen molar-refractivity contribution >= 4 is 32.5 Å². The molecule has 0 atom stereocenters. The minimum atomic E-state index is -3.65. The third-order valence-electron chi connectivity index (χ3n) is 2.92. The molecule has 18 heavy (non-hydrogen) atoms. The Morgan fingerprint density at radius 3 is 2.33 bits per heavy atom. The average Bonchev–Trinajstić information content (AvgIpc) is 2.35. The van der Waals surface area contributed by atoms with Crippen molar-refractivity contribution in [3.05, 3.63) is 24.3 Å². The number of nitrogens with zero attached hydrogens (tertiary/aromatic N) is 1. The van der Waals surface area contributed by atoms with Gasteiger partial charge < -0.3 is 10.2 Å². The molecule has 0 aliphatic carbocycles. The van der Waals surface area contributed by atoms with Gasteiger partial charge in [-0.3, -0.25) is 4.99 Å². The summed E-state index contributed by atoms with van der Waals surface area (Å²) in [6.07, 6.45) is 1.21. The number of hydrogen-bond donors (Lipinski definition) is 2. The summed E-state index contributed by atoms with van der Waals surface area (Å²) >= 11 is 0. The van der Waals surface area contributed by atoms with E-state index < -0.39 is 9.84 Å². The van der Waals surface area contributed by atoms with Crippen LogP contribution in [0.2, 0.25) is 0 Å². The van der Waals surface area contributed by atoms with Gasteiger partial charge in [-0.1, -0.05) is 24.3 Å². The fourth-order valence-corrected chi connectivity index (χ4v) is 3.38. The maximum absolute atomic E-state index is 11.9. The fraction of sp³-hybridized carbons (Fsp3) is 0.0833. The van der Waals surface area contributed by atoms with Crippen molar-refractivity contribution < 1.29 is 18.6 Å². The van der Waals surface area contributed by atoms with Crippen LogP contribution in [-0.4, -0.2) is 30.6 Å². The summed E-state index contributed by atoms with van der Waals surface area (Å²) < 4.78 is 23.9. The predicted octanol–water partition coefficient (Wildman–Crippen LogP) is 1.74. The van der Waals surface area contributed by atoms with E-state index >= 15 is 0 Å². The van der Waals surface area contributed by atoms with Crippen molar-refractivity contribution in [2.75, 3.05) is 5.75 Å². The number of phenolic OH excluding ortho intramolecular Hbond substituents is 2. The topological polar surface area (TPSA) is 87.0 Å². The van der Waals surface area contributed by atoms with Crippen LogP contribution in [-0.2, 0) is 9.84 Å². The van der Waals surface area contributed by atoms with Gasteiger partial charge in [-0.25, -0.2) is 8.42 Å². The van der Waals surface area contributed by atoms with Gasteiger partial charge >= 0.3 is 0 Å². The highest BCUT2D eigenvalue weighted by Crippen LogP contribution is 2.48. The average molecular weight is 263 g/mol. The first kappa shape index (κ1) is 11.0. The summed E-state index contributed by atoms with van der Waals surface area (Å²) in [5.41, 5.74) is -0.0857. The van der Waals surface area contributed by atoms with E-state index in [2.05, 4.69) is 4.99 Å². The monoisotopic (exact) mass is 263 g/mol. The molecule has 0 saturated carbocycles. The van der Waals surface area contributed by atoms with Crippen molar-refractivity contribution in [2.45, 2.75) is 4.90 Å². The highest BCUT2D eigenvalue weighted by Gasteiger charge is 2.30. The van der Waals surface area contributed by atoms with Crippen molar-refractivity contribution in [3.63, 3.8) is 0 Å². The van der Waals surface area contributed by atoms with Gasteiger partial charge in [0, 0.05) is 17.0 Å². The Balaban J connectivity index is 2.60. The van der Waals surface area contributed by atoms with Crippen LogP contribution in [0, 0.1) is 0 Å². The molecule has 3 rings (SSSR count). The van der Waals surface area contributed by atoms with Crippen LogP contribution in [0.4, 0.5) is 5.69 Å². The minimum Gasteiger partial charge on any atom is -0.506 e. The molecule has 0 amide bonds. The summed E-state index contributed by atoms with van der Waals surface area (Å²) in [6.45, 7) is 0. The smallest absolute Gasteiger partial charge is 0.189 e. The molecule has 0 aromatic heterocycles. The molecule has 1 aliphatic heterocycles. The minimum absolute atomic E-state index is 0.0857. The zero-order valence-corrected chi connectivity index (χ0v) is 9.98. The van der Waals surface area contributed by atoms with E-state index in [-0.39, 0.29) is 27.8 Å². The van der Waals surface area contributed by atoms with Crippen molar-refractivity contribution in [3.8, 4) is 11.5 Å². The van der Waals surface area contributed by atoms with Crippen molar-refractivity contribution in [2.24, 2.45) is 4.99 Å². The first-order chi connectivity index (χ1) is 8.52. The van der Waals surface area contributed by atoms with Crippen LogP contribution in [0.25, 0.3) is 10.8 Å². The summed E-state index contributed by atoms with van der Waals surface area (Å²) in [5.74, 6) is -0.848. The number of aromatic hydroxyl groups is 2. The standard InChI is InChI=1S/C12H9NO4S/c14-10-7-3-1-2-4-8(7)11(15)12-9(10)13-5-6-18(12,16)17/h1-5,14-15H,6H2. The molecule has 0 unspecified atom stereocenters. The Labute approximate surface area is 103 Å². The Kier molecular flexibility index (Phi) is 2.12. The molecule has 0 saturated heterocycles. The van der Waals surface area contributed by atoms with Gasteiger partial charge in [0.05, 0.1) is 5.75 Å². The lowest BCUT2D eigenvalue weighted by molar-refractivity contribution is 0.456. The zero-order valence-electron chi connectivity index (χ0n) is 9.16. The van der Waals surface area contributed by atoms with Gasteiger partial charge in [0.15, 0.2) is 15.6 Å². The summed E-state index contributed by atoms with van der Waals surface area (Å²) in [5, 5.41) is 20.8. The van der Waals surface area contributed by atoms with Crippen LogP contribution < -0.4 is 0 Å². The zero-order chi connectivity index (χ0) is 12.9. The Morgan fingerprint density at radius 1 is 1.06 bits per heavy atom. The maximum Gasteiger partial charge on any atom is 0.189 e. The number of hydrogen-bond acceptors (Lipinski definition) is 5. The van der Waals surface area contributed by atoms with E-state index in [4.69, 9.17) is 0 Å². The molecule has 2 aromatic carbocycles. The molecule has 0 fully saturated rings. The van der Waals surface area contributed by atoms with Crippen LogP contribution in [0.1, 0.15) is 0 Å². The molecular formula is C12H9NO4S. The molecule has 0 bridgehead atoms. The van der Waals surface area contributed by atoms with Crippen LogP contribution in [0.3, 0.4) is 0 Å². The molecule has 0 spiro atoms. The van der Waals surface area contributed by atoms with E-state index in [1.165, 1.54) is 6.21 Å². The lowest BCUT2D eigenvalue weighted by atomic mass is 10.1. The molecular weight excluding hydrogens is 254 g/mol. The number of sulfone groups is 1. The van der Waals surface area contributed by atoms with Crippen LogP contribution in [0.15, 0.2) is 34.2 Å². The number of benzene rings is 2. The maximum atomic E-state index is 11.9. The second-order valence-electron chi connectivity index (χ2n) is 4.01. The molecule has 0 radical (unpaired) electrons. The number of rotatable bonds is 0. The van der Waals surface area contributed by atoms with Crippen LogP contribution >= 0.6 is 0 Å². The second kappa shape index (κ2) is 3.46. The first-order valence-electron chi connectivity index (χ1n) is 5.24. The number of phenols is 2. The molecule has 1 heterocycles. The van der Waals surface area contributed by atoms with Gasteiger partial charge in [0.2, 0.25) is 0 Å². The van der Waals surface area contributed by atoms with E-state index in [1.54, 1.807) is 24.3 Å². The summed E-state index contributed by atoms with van der Waals surface area (Å²) in [7, 11) is -3.65. The number of fused-ring (bicyclic) bond motifs is 2. The van der Waals surface area contributed by atoms with E-state index in [0.29, 0.717) is 10.8 Å². The lowest BCUT2D eigenvalue weighted by Crippen LogP contribution is -2.12. The SMILES string of the molecule is O=S1(=O)CC=Nc2c1c(O)c1ccccc1c2O. The van der Waals surface area contributed by atoms with Gasteiger partial charge in [0.25, 0.3) is 0 Å². The van der Waals surface area contributed by atoms with Gasteiger partial charge in [0.1, 0.15) is 16.3 Å². The van der Waals surface area contributed by atoms with E-state index in [9.17, 15) is 18.6 Å². The van der Waals surface area contributed by atoms with E-state index in [1.807, 2.05) is 0 Å². The molecule has 5 nitrogen and oxygen atoms in total. The normalized spacial score (nSPS) is 16.7. The fourth-order valence-electron chi connectivity index (χ4n) is 2.09. The van der Waals surface area contributed by atoms with Crippen LogP contribution in [0.5, 0.6) is 11.5 Å².